The lowest BCUT2D eigenvalue weighted by Crippen LogP contribution is -2.50. The molecule has 2 fully saturated rings. The molecular formula is C19H23N5O3S. The Morgan fingerprint density at radius 2 is 2.36 bits per heavy atom. The van der Waals surface area contributed by atoms with E-state index < -0.39 is 5.41 Å². The minimum atomic E-state index is -0.489. The number of aromatic nitrogens is 3. The predicted molar refractivity (Wildman–Crippen MR) is 103 cm³/mol. The number of thiazole rings is 1. The first-order chi connectivity index (χ1) is 13.6. The zero-order valence-corrected chi connectivity index (χ0v) is 16.6. The van der Waals surface area contributed by atoms with Crippen molar-refractivity contribution in [2.45, 2.75) is 26.4 Å². The summed E-state index contributed by atoms with van der Waals surface area (Å²) in [6.07, 6.45) is 1.97. The topological polar surface area (TPSA) is 91.4 Å². The molecule has 9 heteroatoms. The van der Waals surface area contributed by atoms with E-state index in [0.29, 0.717) is 50.5 Å². The number of hydrogen-bond acceptors (Lipinski definition) is 7. The molecule has 0 radical (unpaired) electrons. The van der Waals surface area contributed by atoms with Gasteiger partial charge in [-0.05, 0) is 13.3 Å². The first-order valence-electron chi connectivity index (χ1n) is 9.61. The van der Waals surface area contributed by atoms with Gasteiger partial charge in [0, 0.05) is 42.5 Å². The van der Waals surface area contributed by atoms with Crippen LogP contribution in [0.4, 0.5) is 0 Å². The summed E-state index contributed by atoms with van der Waals surface area (Å²) >= 11 is 1.67. The van der Waals surface area contributed by atoms with Crippen molar-refractivity contribution in [3.8, 4) is 0 Å². The van der Waals surface area contributed by atoms with Crippen molar-refractivity contribution in [1.82, 2.24) is 24.8 Å². The number of fused-ring (bicyclic) bond motifs is 2. The Kier molecular flexibility index (Phi) is 4.33. The largest absolute Gasteiger partial charge is 0.380 e. The lowest BCUT2D eigenvalue weighted by atomic mass is 9.79. The van der Waals surface area contributed by atoms with Gasteiger partial charge in [-0.1, -0.05) is 0 Å². The number of amides is 1. The smallest absolute Gasteiger partial charge is 0.254 e. The fourth-order valence-corrected chi connectivity index (χ4v) is 5.62. The average Bonchev–Trinajstić information content (AvgIpc) is 3.36. The van der Waals surface area contributed by atoms with E-state index in [9.17, 15) is 9.59 Å². The maximum absolute atomic E-state index is 13.6. The summed E-state index contributed by atoms with van der Waals surface area (Å²) in [5.74, 6) is 0.355. The van der Waals surface area contributed by atoms with Crippen LogP contribution in [0, 0.1) is 18.3 Å². The van der Waals surface area contributed by atoms with E-state index in [4.69, 9.17) is 4.74 Å². The summed E-state index contributed by atoms with van der Waals surface area (Å²) < 4.78 is 5.77. The first-order valence-corrected chi connectivity index (χ1v) is 10.5. The molecule has 1 N–H and O–H groups in total. The number of nitrogens with one attached hydrogen (secondary N) is 1. The van der Waals surface area contributed by atoms with Gasteiger partial charge in [0.15, 0.2) is 0 Å². The molecule has 5 rings (SSSR count). The molecule has 0 unspecified atom stereocenters. The van der Waals surface area contributed by atoms with Crippen LogP contribution in [0.15, 0.2) is 16.6 Å². The average molecular weight is 401 g/mol. The molecule has 0 aromatic carbocycles. The predicted octanol–water partition coefficient (Wildman–Crippen LogP) is 0.568. The fraction of sp³-hybridized carbons (Fsp3) is 0.579. The zero-order chi connectivity index (χ0) is 19.3. The number of hydrogen-bond donors (Lipinski definition) is 1. The number of carbonyl (C=O) groups is 1. The maximum Gasteiger partial charge on any atom is 0.254 e. The van der Waals surface area contributed by atoms with Crippen LogP contribution in [0.1, 0.15) is 21.8 Å². The zero-order valence-electron chi connectivity index (χ0n) is 15.8. The quantitative estimate of drug-likeness (QED) is 0.809. The number of rotatable bonds is 3. The van der Waals surface area contributed by atoms with Crippen molar-refractivity contribution in [3.63, 3.8) is 0 Å². The number of carbonyl (C=O) groups excluding carboxylic acids is 1. The van der Waals surface area contributed by atoms with E-state index in [-0.39, 0.29) is 17.4 Å². The summed E-state index contributed by atoms with van der Waals surface area (Å²) in [5.41, 5.74) is 3.79. The fourth-order valence-electron chi connectivity index (χ4n) is 4.80. The van der Waals surface area contributed by atoms with Gasteiger partial charge >= 0.3 is 0 Å². The van der Waals surface area contributed by atoms with Crippen molar-refractivity contribution < 1.29 is 9.53 Å². The molecule has 3 aliphatic heterocycles. The van der Waals surface area contributed by atoms with E-state index >= 15 is 0 Å². The monoisotopic (exact) mass is 401 g/mol. The third-order valence-electron chi connectivity index (χ3n) is 6.38. The van der Waals surface area contributed by atoms with Gasteiger partial charge in [-0.15, -0.1) is 11.3 Å². The number of likely N-dealkylation sites (tertiary alicyclic amines) is 1. The molecule has 5 heterocycles. The molecule has 2 aromatic heterocycles. The molecule has 2 aromatic rings. The minimum Gasteiger partial charge on any atom is -0.380 e. The number of aromatic amines is 1. The van der Waals surface area contributed by atoms with Crippen molar-refractivity contribution in [2.24, 2.45) is 11.3 Å². The molecule has 0 aliphatic carbocycles. The van der Waals surface area contributed by atoms with Crippen LogP contribution in [0.3, 0.4) is 0 Å². The Morgan fingerprint density at radius 3 is 3.18 bits per heavy atom. The first kappa shape index (κ1) is 18.0. The molecule has 0 spiro atoms. The molecular weight excluding hydrogens is 378 g/mol. The standard InChI is InChI=1S/C19H23N5O3S/c1-12-16(28-11-22-12)6-23-4-13-7-27-9-19(13,8-23)18(26)24-3-2-14-15(5-24)20-10-21-17(14)25/h10-11,13H,2-9H2,1H3,(H,20,21,25)/t13-,19-/m1/s1. The molecule has 3 aliphatic rings. The molecule has 28 heavy (non-hydrogen) atoms. The molecule has 1 amide bonds. The van der Waals surface area contributed by atoms with Crippen LogP contribution in [-0.2, 0) is 29.0 Å². The maximum atomic E-state index is 13.6. The van der Waals surface area contributed by atoms with E-state index in [2.05, 4.69) is 19.9 Å². The van der Waals surface area contributed by atoms with Gasteiger partial charge in [0.2, 0.25) is 5.91 Å². The Morgan fingerprint density at radius 1 is 1.46 bits per heavy atom. The number of H-pyrrole nitrogens is 1. The van der Waals surface area contributed by atoms with Crippen molar-refractivity contribution in [2.75, 3.05) is 32.8 Å². The lowest BCUT2D eigenvalue weighted by Gasteiger charge is -2.35. The van der Waals surface area contributed by atoms with E-state index in [1.807, 2.05) is 17.3 Å². The Hall–Kier alpha value is -2.10. The lowest BCUT2D eigenvalue weighted by molar-refractivity contribution is -0.144. The van der Waals surface area contributed by atoms with Gasteiger partial charge in [0.1, 0.15) is 0 Å². The highest BCUT2D eigenvalue weighted by Crippen LogP contribution is 2.44. The highest BCUT2D eigenvalue weighted by molar-refractivity contribution is 7.09. The van der Waals surface area contributed by atoms with Crippen molar-refractivity contribution >= 4 is 17.2 Å². The Labute approximate surface area is 166 Å². The number of nitrogens with zero attached hydrogens (tertiary/aromatic N) is 4. The van der Waals surface area contributed by atoms with Crippen LogP contribution in [-0.4, -0.2) is 63.5 Å². The Bertz CT molecular complexity index is 972. The van der Waals surface area contributed by atoms with Gasteiger partial charge in [0.05, 0.1) is 48.4 Å². The van der Waals surface area contributed by atoms with Crippen LogP contribution in [0.5, 0.6) is 0 Å². The van der Waals surface area contributed by atoms with Crippen LogP contribution in [0.2, 0.25) is 0 Å². The van der Waals surface area contributed by atoms with Gasteiger partial charge < -0.3 is 14.6 Å². The molecule has 2 atom stereocenters. The van der Waals surface area contributed by atoms with Crippen LogP contribution < -0.4 is 5.56 Å². The third-order valence-corrected chi connectivity index (χ3v) is 7.30. The molecule has 0 saturated carbocycles. The van der Waals surface area contributed by atoms with Crippen LogP contribution in [0.25, 0.3) is 0 Å². The number of ether oxygens (including phenoxy) is 1. The SMILES string of the molecule is Cc1ncsc1CN1C[C@@H]2COC[C@]2(C(=O)N2CCc3c(nc[nH]c3=O)C2)C1. The van der Waals surface area contributed by atoms with Gasteiger partial charge in [-0.3, -0.25) is 14.5 Å². The number of aryl methyl sites for hydroxylation is 1. The summed E-state index contributed by atoms with van der Waals surface area (Å²) in [6.45, 7) is 6.51. The summed E-state index contributed by atoms with van der Waals surface area (Å²) in [7, 11) is 0. The molecule has 148 valence electrons. The summed E-state index contributed by atoms with van der Waals surface area (Å²) in [6, 6.07) is 0. The Balaban J connectivity index is 1.36. The summed E-state index contributed by atoms with van der Waals surface area (Å²) in [5, 5.41) is 0. The van der Waals surface area contributed by atoms with E-state index in [1.54, 1.807) is 11.3 Å². The third kappa shape index (κ3) is 2.80. The second-order valence-corrected chi connectivity index (χ2v) is 8.97. The van der Waals surface area contributed by atoms with Gasteiger partial charge in [-0.25, -0.2) is 9.97 Å². The van der Waals surface area contributed by atoms with Gasteiger partial charge in [-0.2, -0.15) is 0 Å². The molecule has 0 bridgehead atoms. The van der Waals surface area contributed by atoms with Crippen molar-refractivity contribution in [1.29, 1.82) is 0 Å². The van der Waals surface area contributed by atoms with Crippen molar-refractivity contribution in [3.05, 3.63) is 44.0 Å². The summed E-state index contributed by atoms with van der Waals surface area (Å²) in [4.78, 5) is 42.3. The van der Waals surface area contributed by atoms with E-state index in [0.717, 1.165) is 18.8 Å². The second kappa shape index (κ2) is 6.75. The van der Waals surface area contributed by atoms with E-state index in [1.165, 1.54) is 11.2 Å². The second-order valence-electron chi connectivity index (χ2n) is 8.03. The van der Waals surface area contributed by atoms with Gasteiger partial charge in [0.25, 0.3) is 5.56 Å². The molecule has 2 saturated heterocycles. The van der Waals surface area contributed by atoms with Crippen LogP contribution >= 0.6 is 11.3 Å². The minimum absolute atomic E-state index is 0.0932. The highest BCUT2D eigenvalue weighted by Gasteiger charge is 2.57. The highest BCUT2D eigenvalue weighted by atomic mass is 32.1. The molecule has 8 nitrogen and oxygen atoms in total. The normalized spacial score (nSPS) is 27.0.